The monoisotopic (exact) mass is 274 g/mol. The van der Waals surface area contributed by atoms with E-state index >= 15 is 0 Å². The highest BCUT2D eigenvalue weighted by Gasteiger charge is 2.23. The normalized spacial score (nSPS) is 15.7. The van der Waals surface area contributed by atoms with E-state index in [0.717, 1.165) is 24.2 Å². The van der Waals surface area contributed by atoms with Gasteiger partial charge >= 0.3 is 0 Å². The molecule has 1 saturated carbocycles. The Hall–Kier alpha value is -2.11. The second-order valence-corrected chi connectivity index (χ2v) is 5.34. The Kier molecular flexibility index (Phi) is 3.30. The summed E-state index contributed by atoms with van der Waals surface area (Å²) in [6.07, 6.45) is 6.47. The van der Waals surface area contributed by atoms with Gasteiger partial charge in [0.2, 0.25) is 0 Å². The van der Waals surface area contributed by atoms with Gasteiger partial charge < -0.3 is 9.84 Å². The number of carbonyl (C=O) groups excluding carboxylic acids is 1. The lowest BCUT2D eigenvalue weighted by atomic mass is 10.2. The molecule has 6 heteroatoms. The maximum absolute atomic E-state index is 12.2. The Morgan fingerprint density at radius 3 is 2.80 bits per heavy atom. The molecule has 0 radical (unpaired) electrons. The first-order chi connectivity index (χ1) is 9.65. The van der Waals surface area contributed by atoms with Gasteiger partial charge in [0.25, 0.3) is 5.91 Å². The summed E-state index contributed by atoms with van der Waals surface area (Å²) in [7, 11) is 0. The maximum Gasteiger partial charge on any atom is 0.279 e. The van der Waals surface area contributed by atoms with Gasteiger partial charge in [-0.3, -0.25) is 4.79 Å². The van der Waals surface area contributed by atoms with Crippen LogP contribution in [-0.4, -0.2) is 20.8 Å². The summed E-state index contributed by atoms with van der Waals surface area (Å²) in [5, 5.41) is 11.0. The van der Waals surface area contributed by atoms with Gasteiger partial charge in [-0.25, -0.2) is 4.68 Å². The molecule has 0 aliphatic heterocycles. The molecule has 0 bridgehead atoms. The molecule has 2 aromatic heterocycles. The molecule has 0 unspecified atom stereocenters. The lowest BCUT2D eigenvalue weighted by Gasteiger charge is -2.15. The van der Waals surface area contributed by atoms with Crippen molar-refractivity contribution in [3.63, 3.8) is 0 Å². The number of hydrogen-bond acceptors (Lipinski definition) is 4. The van der Waals surface area contributed by atoms with Gasteiger partial charge in [0.15, 0.2) is 5.69 Å². The van der Waals surface area contributed by atoms with Crippen molar-refractivity contribution in [3.8, 4) is 0 Å². The molecule has 1 fully saturated rings. The van der Waals surface area contributed by atoms with Crippen LogP contribution < -0.4 is 5.32 Å². The van der Waals surface area contributed by atoms with Gasteiger partial charge in [0.1, 0.15) is 11.6 Å². The molecule has 1 aliphatic rings. The number of aryl methyl sites for hydroxylation is 2. The predicted molar refractivity (Wildman–Crippen MR) is 73.7 cm³/mol. The zero-order valence-corrected chi connectivity index (χ0v) is 11.7. The van der Waals surface area contributed by atoms with Crippen molar-refractivity contribution in [1.29, 1.82) is 0 Å². The third kappa shape index (κ3) is 2.33. The van der Waals surface area contributed by atoms with E-state index in [2.05, 4.69) is 15.6 Å². The van der Waals surface area contributed by atoms with E-state index in [0.29, 0.717) is 17.5 Å². The molecule has 1 amide bonds. The fourth-order valence-corrected chi connectivity index (χ4v) is 2.67. The molecule has 1 N–H and O–H groups in total. The Morgan fingerprint density at radius 2 is 2.15 bits per heavy atom. The van der Waals surface area contributed by atoms with Gasteiger partial charge in [-0.2, -0.15) is 5.10 Å². The fourth-order valence-electron chi connectivity index (χ4n) is 2.67. The minimum Gasteiger partial charge on any atom is -0.361 e. The van der Waals surface area contributed by atoms with E-state index in [1.54, 1.807) is 19.2 Å². The highest BCUT2D eigenvalue weighted by Crippen LogP contribution is 2.32. The average Bonchev–Trinajstić information content (AvgIpc) is 3.12. The number of carbonyl (C=O) groups is 1. The second kappa shape index (κ2) is 5.11. The van der Waals surface area contributed by atoms with E-state index in [1.807, 2.05) is 11.6 Å². The first kappa shape index (κ1) is 12.9. The predicted octanol–water partition coefficient (Wildman–Crippen LogP) is 2.86. The van der Waals surface area contributed by atoms with Crippen molar-refractivity contribution < 1.29 is 9.32 Å². The highest BCUT2D eigenvalue weighted by molar-refractivity contribution is 6.02. The van der Waals surface area contributed by atoms with Crippen LogP contribution in [0.1, 0.15) is 53.5 Å². The van der Waals surface area contributed by atoms with Crippen molar-refractivity contribution in [2.24, 2.45) is 0 Å². The third-order valence-electron chi connectivity index (χ3n) is 3.74. The van der Waals surface area contributed by atoms with Gasteiger partial charge in [-0.1, -0.05) is 18.0 Å². The molecular formula is C14H18N4O2. The summed E-state index contributed by atoms with van der Waals surface area (Å²) in [6, 6.07) is 2.01. The lowest BCUT2D eigenvalue weighted by molar-refractivity contribution is 0.101. The van der Waals surface area contributed by atoms with Crippen LogP contribution in [0.2, 0.25) is 0 Å². The third-order valence-corrected chi connectivity index (χ3v) is 3.74. The fraction of sp³-hybridized carbons (Fsp3) is 0.500. The summed E-state index contributed by atoms with van der Waals surface area (Å²) >= 11 is 0. The molecule has 3 rings (SSSR count). The summed E-state index contributed by atoms with van der Waals surface area (Å²) in [5.74, 6) is 1.13. The number of hydrogen-bond donors (Lipinski definition) is 1. The molecule has 0 saturated heterocycles. The van der Waals surface area contributed by atoms with Gasteiger partial charge in [-0.05, 0) is 26.7 Å². The summed E-state index contributed by atoms with van der Waals surface area (Å²) in [6.45, 7) is 3.71. The lowest BCUT2D eigenvalue weighted by Crippen LogP contribution is -2.18. The molecule has 1 aliphatic carbocycles. The number of nitrogens with one attached hydrogen (secondary N) is 1. The molecule has 6 nitrogen and oxygen atoms in total. The van der Waals surface area contributed by atoms with Crippen LogP contribution in [0.25, 0.3) is 0 Å². The largest absolute Gasteiger partial charge is 0.361 e. The number of rotatable bonds is 3. The highest BCUT2D eigenvalue weighted by atomic mass is 16.5. The number of anilines is 1. The van der Waals surface area contributed by atoms with Crippen LogP contribution in [0.15, 0.2) is 16.8 Å². The Balaban J connectivity index is 1.83. The van der Waals surface area contributed by atoms with Gasteiger partial charge in [0.05, 0.1) is 12.2 Å². The molecule has 0 aromatic carbocycles. The van der Waals surface area contributed by atoms with Crippen molar-refractivity contribution in [2.45, 2.75) is 45.6 Å². The van der Waals surface area contributed by atoms with Gasteiger partial charge in [0, 0.05) is 11.6 Å². The molecule has 106 valence electrons. The van der Waals surface area contributed by atoms with Crippen molar-refractivity contribution in [2.75, 3.05) is 5.32 Å². The smallest absolute Gasteiger partial charge is 0.279 e. The van der Waals surface area contributed by atoms with Crippen molar-refractivity contribution >= 4 is 11.7 Å². The van der Waals surface area contributed by atoms with Crippen molar-refractivity contribution in [1.82, 2.24) is 14.9 Å². The average molecular weight is 274 g/mol. The van der Waals surface area contributed by atoms with Crippen LogP contribution >= 0.6 is 0 Å². The zero-order chi connectivity index (χ0) is 14.1. The molecule has 0 atom stereocenters. The van der Waals surface area contributed by atoms with Crippen LogP contribution in [0.5, 0.6) is 0 Å². The van der Waals surface area contributed by atoms with Crippen molar-refractivity contribution in [3.05, 3.63) is 29.3 Å². The van der Waals surface area contributed by atoms with E-state index in [1.165, 1.54) is 12.8 Å². The number of amides is 1. The maximum atomic E-state index is 12.2. The number of aromatic nitrogens is 3. The van der Waals surface area contributed by atoms with Crippen LogP contribution in [-0.2, 0) is 0 Å². The summed E-state index contributed by atoms with van der Waals surface area (Å²) in [4.78, 5) is 12.2. The minimum absolute atomic E-state index is 0.260. The molecule has 0 spiro atoms. The van der Waals surface area contributed by atoms with E-state index in [4.69, 9.17) is 4.52 Å². The zero-order valence-electron chi connectivity index (χ0n) is 11.7. The van der Waals surface area contributed by atoms with Crippen LogP contribution in [0.4, 0.5) is 5.82 Å². The first-order valence-electron chi connectivity index (χ1n) is 6.94. The standard InChI is InChI=1S/C14H18N4O2/c1-9-8-15-18(11-5-3-4-6-11)13(9)16-14(19)12-7-10(2)20-17-12/h7-8,11H,3-6H2,1-2H3,(H,16,19). The molecule has 2 heterocycles. The first-order valence-corrected chi connectivity index (χ1v) is 6.94. The van der Waals surface area contributed by atoms with Gasteiger partial charge in [-0.15, -0.1) is 0 Å². The summed E-state index contributed by atoms with van der Waals surface area (Å²) < 4.78 is 6.87. The topological polar surface area (TPSA) is 73.0 Å². The molecular weight excluding hydrogens is 256 g/mol. The Bertz CT molecular complexity index is 623. The van der Waals surface area contributed by atoms with E-state index in [-0.39, 0.29) is 5.91 Å². The molecule has 2 aromatic rings. The van der Waals surface area contributed by atoms with Crippen LogP contribution in [0.3, 0.4) is 0 Å². The summed E-state index contributed by atoms with van der Waals surface area (Å²) in [5.41, 5.74) is 1.26. The second-order valence-electron chi connectivity index (χ2n) is 5.34. The van der Waals surface area contributed by atoms with E-state index in [9.17, 15) is 4.79 Å². The molecule has 20 heavy (non-hydrogen) atoms. The SMILES string of the molecule is Cc1cc(C(=O)Nc2c(C)cnn2C2CCCC2)no1. The Labute approximate surface area is 117 Å². The minimum atomic E-state index is -0.260. The van der Waals surface area contributed by atoms with E-state index < -0.39 is 0 Å². The quantitative estimate of drug-likeness (QED) is 0.934. The van der Waals surface area contributed by atoms with Crippen LogP contribution in [0, 0.1) is 13.8 Å². The Morgan fingerprint density at radius 1 is 1.40 bits per heavy atom. The number of nitrogens with zero attached hydrogens (tertiary/aromatic N) is 3.